The van der Waals surface area contributed by atoms with Crippen LogP contribution in [0.1, 0.15) is 32.8 Å². The average Bonchev–Trinajstić information content (AvgIpc) is 2.55. The second-order valence-electron chi connectivity index (χ2n) is 7.24. The quantitative estimate of drug-likeness (QED) is 0.553. The first-order chi connectivity index (χ1) is 11.4. The van der Waals surface area contributed by atoms with E-state index < -0.39 is 0 Å². The Hall–Kier alpha value is -1.74. The Kier molecular flexibility index (Phi) is 6.50. The van der Waals surface area contributed by atoms with E-state index in [0.717, 1.165) is 12.2 Å². The summed E-state index contributed by atoms with van der Waals surface area (Å²) in [6, 6.07) is 13.0. The lowest BCUT2D eigenvalue weighted by atomic mass is 10.0. The lowest BCUT2D eigenvalue weighted by Gasteiger charge is -2.17. The molecule has 2 aromatic carbocycles. The van der Waals surface area contributed by atoms with Crippen LogP contribution in [-0.2, 0) is 11.2 Å². The van der Waals surface area contributed by atoms with E-state index in [0.29, 0.717) is 18.4 Å². The molecule has 0 radical (unpaired) electrons. The van der Waals surface area contributed by atoms with Crippen molar-refractivity contribution in [1.82, 2.24) is 5.32 Å². The summed E-state index contributed by atoms with van der Waals surface area (Å²) in [5, 5.41) is 5.33. The number of aryl methyl sites for hydroxylation is 1. The van der Waals surface area contributed by atoms with Gasteiger partial charge in [-0.3, -0.25) is 4.79 Å². The van der Waals surface area contributed by atoms with Gasteiger partial charge in [-0.15, -0.1) is 18.3 Å². The molecular formula is C21H27NOS. The Morgan fingerprint density at radius 2 is 2.04 bits per heavy atom. The van der Waals surface area contributed by atoms with Crippen LogP contribution in [0, 0.1) is 5.41 Å². The number of rotatable bonds is 7. The maximum atomic E-state index is 11.8. The van der Waals surface area contributed by atoms with Crippen molar-refractivity contribution >= 4 is 28.4 Å². The number of fused-ring (bicyclic) bond motifs is 1. The number of nitrogens with one attached hydrogen (secondary N) is 1. The van der Waals surface area contributed by atoms with Crippen LogP contribution in [0.2, 0.25) is 0 Å². The van der Waals surface area contributed by atoms with Crippen molar-refractivity contribution in [2.24, 2.45) is 5.41 Å². The predicted octanol–water partition coefficient (Wildman–Crippen LogP) is 5.21. The SMILES string of the molecule is C=CCNC(=O)CCc1cccc2ccc(SCC(C)(C)C)cc12. The molecule has 2 aromatic rings. The standard InChI is InChI=1S/C21H27NOS/c1-5-13-22-20(23)12-10-17-8-6-7-16-9-11-18(14-19(16)17)24-15-21(2,3)4/h5-9,11,14H,1,10,12-13,15H2,2-4H3,(H,22,23). The number of amides is 1. The highest BCUT2D eigenvalue weighted by Gasteiger charge is 2.11. The molecule has 0 bridgehead atoms. The molecule has 1 N–H and O–H groups in total. The molecule has 24 heavy (non-hydrogen) atoms. The number of benzene rings is 2. The summed E-state index contributed by atoms with van der Waals surface area (Å²) in [5.74, 6) is 1.16. The first-order valence-corrected chi connectivity index (χ1v) is 9.40. The molecule has 128 valence electrons. The lowest BCUT2D eigenvalue weighted by Crippen LogP contribution is -2.23. The molecule has 0 spiro atoms. The van der Waals surface area contributed by atoms with Crippen LogP contribution in [0.15, 0.2) is 53.9 Å². The molecule has 0 aromatic heterocycles. The van der Waals surface area contributed by atoms with Crippen molar-refractivity contribution in [3.8, 4) is 0 Å². The second-order valence-corrected chi connectivity index (χ2v) is 8.29. The van der Waals surface area contributed by atoms with E-state index in [-0.39, 0.29) is 5.91 Å². The molecule has 3 heteroatoms. The zero-order valence-electron chi connectivity index (χ0n) is 14.9. The van der Waals surface area contributed by atoms with E-state index >= 15 is 0 Å². The van der Waals surface area contributed by atoms with E-state index in [1.807, 2.05) is 11.8 Å². The zero-order chi connectivity index (χ0) is 17.6. The molecule has 0 atom stereocenters. The summed E-state index contributed by atoms with van der Waals surface area (Å²) in [7, 11) is 0. The van der Waals surface area contributed by atoms with Crippen LogP contribution < -0.4 is 5.32 Å². The van der Waals surface area contributed by atoms with E-state index in [1.165, 1.54) is 21.2 Å². The Balaban J connectivity index is 2.14. The lowest BCUT2D eigenvalue weighted by molar-refractivity contribution is -0.120. The van der Waals surface area contributed by atoms with Crippen molar-refractivity contribution < 1.29 is 4.79 Å². The Morgan fingerprint density at radius 1 is 1.25 bits per heavy atom. The average molecular weight is 342 g/mol. The van der Waals surface area contributed by atoms with Gasteiger partial charge in [-0.1, -0.05) is 51.1 Å². The summed E-state index contributed by atoms with van der Waals surface area (Å²) in [6.45, 7) is 10.9. The topological polar surface area (TPSA) is 29.1 Å². The minimum Gasteiger partial charge on any atom is -0.353 e. The summed E-state index contributed by atoms with van der Waals surface area (Å²) >= 11 is 1.90. The number of hydrogen-bond donors (Lipinski definition) is 1. The van der Waals surface area contributed by atoms with Crippen molar-refractivity contribution in [3.63, 3.8) is 0 Å². The zero-order valence-corrected chi connectivity index (χ0v) is 15.7. The van der Waals surface area contributed by atoms with Gasteiger partial charge in [0, 0.05) is 23.6 Å². The molecule has 0 saturated heterocycles. The van der Waals surface area contributed by atoms with Gasteiger partial charge < -0.3 is 5.32 Å². The first-order valence-electron chi connectivity index (χ1n) is 8.41. The summed E-state index contributed by atoms with van der Waals surface area (Å²) in [5.41, 5.74) is 1.54. The van der Waals surface area contributed by atoms with Crippen LogP contribution >= 0.6 is 11.8 Å². The first kappa shape index (κ1) is 18.6. The van der Waals surface area contributed by atoms with Gasteiger partial charge in [-0.25, -0.2) is 0 Å². The van der Waals surface area contributed by atoms with E-state index in [9.17, 15) is 4.79 Å². The molecule has 0 fully saturated rings. The van der Waals surface area contributed by atoms with Crippen LogP contribution in [0.25, 0.3) is 10.8 Å². The van der Waals surface area contributed by atoms with Gasteiger partial charge in [0.25, 0.3) is 0 Å². The molecule has 1 amide bonds. The molecule has 2 nitrogen and oxygen atoms in total. The summed E-state index contributed by atoms with van der Waals surface area (Å²) in [4.78, 5) is 13.1. The molecule has 0 aliphatic carbocycles. The number of hydrogen-bond acceptors (Lipinski definition) is 2. The van der Waals surface area contributed by atoms with Gasteiger partial charge in [0.15, 0.2) is 0 Å². The molecule has 0 heterocycles. The number of thioether (sulfide) groups is 1. The Bertz CT molecular complexity index is 715. The van der Waals surface area contributed by atoms with E-state index in [2.05, 4.69) is 69.1 Å². The van der Waals surface area contributed by atoms with Crippen molar-refractivity contribution in [3.05, 3.63) is 54.6 Å². The summed E-state index contributed by atoms with van der Waals surface area (Å²) in [6.07, 6.45) is 2.97. The highest BCUT2D eigenvalue weighted by atomic mass is 32.2. The minimum absolute atomic E-state index is 0.0742. The largest absolute Gasteiger partial charge is 0.353 e. The highest BCUT2D eigenvalue weighted by molar-refractivity contribution is 7.99. The summed E-state index contributed by atoms with van der Waals surface area (Å²) < 4.78 is 0. The van der Waals surface area contributed by atoms with Crippen molar-refractivity contribution in [2.75, 3.05) is 12.3 Å². The van der Waals surface area contributed by atoms with Gasteiger partial charge >= 0.3 is 0 Å². The maximum absolute atomic E-state index is 11.8. The fraction of sp³-hybridized carbons (Fsp3) is 0.381. The minimum atomic E-state index is 0.0742. The number of carbonyl (C=O) groups excluding carboxylic acids is 1. The molecule has 0 unspecified atom stereocenters. The fourth-order valence-electron chi connectivity index (χ4n) is 2.45. The van der Waals surface area contributed by atoms with Crippen LogP contribution in [0.5, 0.6) is 0 Å². The van der Waals surface area contributed by atoms with Crippen molar-refractivity contribution in [1.29, 1.82) is 0 Å². The molecule has 0 aliphatic rings. The monoisotopic (exact) mass is 341 g/mol. The third kappa shape index (κ3) is 5.72. The second kappa shape index (κ2) is 8.39. The maximum Gasteiger partial charge on any atom is 0.220 e. The van der Waals surface area contributed by atoms with Crippen LogP contribution in [0.4, 0.5) is 0 Å². The van der Waals surface area contributed by atoms with Gasteiger partial charge in [-0.05, 0) is 40.3 Å². The molecular weight excluding hydrogens is 314 g/mol. The fourth-order valence-corrected chi connectivity index (χ4v) is 3.41. The predicted molar refractivity (Wildman–Crippen MR) is 106 cm³/mol. The van der Waals surface area contributed by atoms with Crippen LogP contribution in [-0.4, -0.2) is 18.2 Å². The third-order valence-electron chi connectivity index (χ3n) is 3.68. The highest BCUT2D eigenvalue weighted by Crippen LogP contribution is 2.30. The van der Waals surface area contributed by atoms with E-state index in [1.54, 1.807) is 6.08 Å². The molecule has 0 saturated carbocycles. The Labute approximate surface area is 149 Å². The van der Waals surface area contributed by atoms with Gasteiger partial charge in [0.05, 0.1) is 0 Å². The number of carbonyl (C=O) groups is 1. The van der Waals surface area contributed by atoms with Gasteiger partial charge in [0.2, 0.25) is 5.91 Å². The van der Waals surface area contributed by atoms with Crippen molar-refractivity contribution in [2.45, 2.75) is 38.5 Å². The van der Waals surface area contributed by atoms with Gasteiger partial charge in [-0.2, -0.15) is 0 Å². The smallest absolute Gasteiger partial charge is 0.220 e. The molecule has 0 aliphatic heterocycles. The Morgan fingerprint density at radius 3 is 2.75 bits per heavy atom. The van der Waals surface area contributed by atoms with Gasteiger partial charge in [0.1, 0.15) is 0 Å². The third-order valence-corrected chi connectivity index (χ3v) is 5.28. The van der Waals surface area contributed by atoms with Crippen LogP contribution in [0.3, 0.4) is 0 Å². The normalized spacial score (nSPS) is 11.5. The molecule has 2 rings (SSSR count). The van der Waals surface area contributed by atoms with E-state index in [4.69, 9.17) is 0 Å².